The van der Waals surface area contributed by atoms with Crippen LogP contribution in [0.3, 0.4) is 0 Å². The van der Waals surface area contributed by atoms with Crippen LogP contribution < -0.4 is 5.32 Å². The Hall–Kier alpha value is -3.11. The summed E-state index contributed by atoms with van der Waals surface area (Å²) in [5.41, 5.74) is -0.258. The number of likely N-dealkylation sites (N-methyl/N-ethyl adjacent to an activating group) is 1. The number of Topliss-reactive ketones (excluding diaryl/α,β-unsaturated/α-hetero) is 1. The number of nitrogens with one attached hydrogen (secondary N) is 1. The number of ether oxygens (including phenoxy) is 1. The Balaban J connectivity index is 2.19. The zero-order valence-corrected chi connectivity index (χ0v) is 16.7. The molecule has 10 heteroatoms. The summed E-state index contributed by atoms with van der Waals surface area (Å²) < 4.78 is 44.6. The number of ketones is 1. The minimum absolute atomic E-state index is 0.112. The summed E-state index contributed by atoms with van der Waals surface area (Å²) in [4.78, 5) is 35.2. The van der Waals surface area contributed by atoms with E-state index in [2.05, 4.69) is 10.1 Å². The van der Waals surface area contributed by atoms with Gasteiger partial charge in [0, 0.05) is 12.6 Å². The van der Waals surface area contributed by atoms with Crippen molar-refractivity contribution in [3.05, 3.63) is 59.4 Å². The molecule has 0 fully saturated rings. The number of carbonyl (C=O) groups excluding carboxylic acids is 3. The van der Waals surface area contributed by atoms with Crippen LogP contribution >= 0.6 is 0 Å². The van der Waals surface area contributed by atoms with Crippen molar-refractivity contribution in [2.45, 2.75) is 11.8 Å². The van der Waals surface area contributed by atoms with Crippen LogP contribution in [0.5, 0.6) is 0 Å². The normalized spacial score (nSPS) is 11.2. The Kier molecular flexibility index (Phi) is 6.83. The maximum absolute atomic E-state index is 14.1. The first kappa shape index (κ1) is 22.2. The maximum Gasteiger partial charge on any atom is 0.340 e. The number of carbonyl (C=O) groups is 3. The van der Waals surface area contributed by atoms with Crippen LogP contribution in [0.2, 0.25) is 0 Å². The van der Waals surface area contributed by atoms with Crippen molar-refractivity contribution in [3.63, 3.8) is 0 Å². The van der Waals surface area contributed by atoms with E-state index in [0.717, 1.165) is 17.5 Å². The SMILES string of the molecule is COC(=O)c1cccc(F)c1NC(=O)CN(C)S(=O)(=O)c1ccc(C(C)=O)cc1. The number of benzene rings is 2. The molecule has 0 bridgehead atoms. The van der Waals surface area contributed by atoms with Crippen LogP contribution in [-0.2, 0) is 19.6 Å². The number of methoxy groups -OCH3 is 1. The standard InChI is InChI=1S/C19H19FN2O6S/c1-12(23)13-7-9-14(10-8-13)29(26,27)22(2)11-17(24)21-18-15(19(25)28-3)5-4-6-16(18)20/h4-10H,11H2,1-3H3,(H,21,24). The first-order valence-corrected chi connectivity index (χ1v) is 9.76. The van der Waals surface area contributed by atoms with E-state index in [1.165, 1.54) is 50.4 Å². The van der Waals surface area contributed by atoms with Gasteiger partial charge in [-0.25, -0.2) is 17.6 Å². The molecule has 8 nitrogen and oxygen atoms in total. The summed E-state index contributed by atoms with van der Waals surface area (Å²) in [5.74, 6) is -2.79. The molecule has 0 unspecified atom stereocenters. The molecule has 0 aliphatic rings. The second-order valence-electron chi connectivity index (χ2n) is 6.04. The lowest BCUT2D eigenvalue weighted by Gasteiger charge is -2.18. The van der Waals surface area contributed by atoms with Crippen LogP contribution in [0.1, 0.15) is 27.6 Å². The van der Waals surface area contributed by atoms with Crippen molar-refractivity contribution < 1.29 is 31.9 Å². The van der Waals surface area contributed by atoms with Crippen molar-refractivity contribution >= 4 is 33.4 Å². The van der Waals surface area contributed by atoms with E-state index in [1.54, 1.807) is 0 Å². The van der Waals surface area contributed by atoms with Gasteiger partial charge >= 0.3 is 5.97 Å². The molecule has 2 aromatic carbocycles. The molecule has 0 aliphatic heterocycles. The van der Waals surface area contributed by atoms with E-state index in [4.69, 9.17) is 0 Å². The summed E-state index contributed by atoms with van der Waals surface area (Å²) in [5, 5.41) is 2.21. The van der Waals surface area contributed by atoms with E-state index in [9.17, 15) is 27.2 Å². The molecule has 2 aromatic rings. The number of para-hydroxylation sites is 1. The molecule has 1 amide bonds. The zero-order chi connectivity index (χ0) is 21.8. The third-order valence-electron chi connectivity index (χ3n) is 4.02. The quantitative estimate of drug-likeness (QED) is 0.540. The lowest BCUT2D eigenvalue weighted by Crippen LogP contribution is -2.35. The fourth-order valence-corrected chi connectivity index (χ4v) is 3.57. The van der Waals surface area contributed by atoms with E-state index in [0.29, 0.717) is 5.56 Å². The van der Waals surface area contributed by atoms with Gasteiger partial charge in [-0.05, 0) is 31.2 Å². The van der Waals surface area contributed by atoms with Gasteiger partial charge < -0.3 is 10.1 Å². The molecule has 1 N–H and O–H groups in total. The molecular formula is C19H19FN2O6S. The number of halogens is 1. The molecule has 0 aliphatic carbocycles. The minimum atomic E-state index is -4.03. The van der Waals surface area contributed by atoms with Crippen LogP contribution in [0.25, 0.3) is 0 Å². The van der Waals surface area contributed by atoms with Crippen molar-refractivity contribution in [2.24, 2.45) is 0 Å². The Labute approximate surface area is 167 Å². The molecule has 0 atom stereocenters. The number of rotatable bonds is 7. The van der Waals surface area contributed by atoms with Crippen LogP contribution in [0, 0.1) is 5.82 Å². The Morgan fingerprint density at radius 2 is 1.72 bits per heavy atom. The fraction of sp³-hybridized carbons (Fsp3) is 0.211. The van der Waals surface area contributed by atoms with Crippen LogP contribution in [-0.4, -0.2) is 51.1 Å². The van der Waals surface area contributed by atoms with Crippen LogP contribution in [0.15, 0.2) is 47.4 Å². The molecule has 0 radical (unpaired) electrons. The topological polar surface area (TPSA) is 110 Å². The average molecular weight is 422 g/mol. The van der Waals surface area contributed by atoms with E-state index in [1.807, 2.05) is 0 Å². The average Bonchev–Trinajstić information content (AvgIpc) is 2.68. The minimum Gasteiger partial charge on any atom is -0.465 e. The largest absolute Gasteiger partial charge is 0.465 e. The first-order valence-electron chi connectivity index (χ1n) is 8.32. The Morgan fingerprint density at radius 3 is 2.28 bits per heavy atom. The van der Waals surface area contributed by atoms with E-state index in [-0.39, 0.29) is 16.2 Å². The van der Waals surface area contributed by atoms with Gasteiger partial charge in [-0.2, -0.15) is 4.31 Å². The Morgan fingerprint density at radius 1 is 1.10 bits per heavy atom. The number of sulfonamides is 1. The van der Waals surface area contributed by atoms with E-state index >= 15 is 0 Å². The van der Waals surface area contributed by atoms with Crippen molar-refractivity contribution in [2.75, 3.05) is 26.0 Å². The zero-order valence-electron chi connectivity index (χ0n) is 15.9. The second kappa shape index (κ2) is 8.93. The summed E-state index contributed by atoms with van der Waals surface area (Å²) in [6.45, 7) is 0.719. The van der Waals surface area contributed by atoms with Gasteiger partial charge in [0.1, 0.15) is 5.82 Å². The van der Waals surface area contributed by atoms with Gasteiger partial charge in [0.05, 0.1) is 29.8 Å². The molecular weight excluding hydrogens is 403 g/mol. The summed E-state index contributed by atoms with van der Waals surface area (Å²) in [6, 6.07) is 8.83. The summed E-state index contributed by atoms with van der Waals surface area (Å²) >= 11 is 0. The molecule has 0 aromatic heterocycles. The van der Waals surface area contributed by atoms with Gasteiger partial charge in [-0.3, -0.25) is 9.59 Å². The molecule has 0 saturated carbocycles. The lowest BCUT2D eigenvalue weighted by atomic mass is 10.1. The number of hydrogen-bond acceptors (Lipinski definition) is 6. The predicted molar refractivity (Wildman–Crippen MR) is 103 cm³/mol. The summed E-state index contributed by atoms with van der Waals surface area (Å²) in [7, 11) is -1.75. The van der Waals surface area contributed by atoms with Gasteiger partial charge in [0.2, 0.25) is 15.9 Å². The number of nitrogens with zero attached hydrogens (tertiary/aromatic N) is 1. The van der Waals surface area contributed by atoms with Crippen molar-refractivity contribution in [1.29, 1.82) is 0 Å². The molecule has 0 spiro atoms. The molecule has 29 heavy (non-hydrogen) atoms. The molecule has 154 valence electrons. The number of hydrogen-bond donors (Lipinski definition) is 1. The summed E-state index contributed by atoms with van der Waals surface area (Å²) in [6.07, 6.45) is 0. The van der Waals surface area contributed by atoms with Crippen molar-refractivity contribution in [1.82, 2.24) is 4.31 Å². The van der Waals surface area contributed by atoms with Gasteiger partial charge in [-0.1, -0.05) is 18.2 Å². The highest BCUT2D eigenvalue weighted by molar-refractivity contribution is 7.89. The number of esters is 1. The third-order valence-corrected chi connectivity index (χ3v) is 5.84. The monoisotopic (exact) mass is 422 g/mol. The lowest BCUT2D eigenvalue weighted by molar-refractivity contribution is -0.116. The molecule has 0 saturated heterocycles. The van der Waals surface area contributed by atoms with Gasteiger partial charge in [-0.15, -0.1) is 0 Å². The van der Waals surface area contributed by atoms with Crippen molar-refractivity contribution in [3.8, 4) is 0 Å². The number of amides is 1. The fourth-order valence-electron chi connectivity index (χ4n) is 2.44. The predicted octanol–water partition coefficient (Wildman–Crippen LogP) is 2.07. The Bertz CT molecular complexity index is 1050. The first-order chi connectivity index (χ1) is 13.6. The highest BCUT2D eigenvalue weighted by atomic mass is 32.2. The van der Waals surface area contributed by atoms with Gasteiger partial charge in [0.25, 0.3) is 0 Å². The molecule has 0 heterocycles. The second-order valence-corrected chi connectivity index (χ2v) is 8.09. The highest BCUT2D eigenvalue weighted by Gasteiger charge is 2.25. The third kappa shape index (κ3) is 5.04. The maximum atomic E-state index is 14.1. The van der Waals surface area contributed by atoms with Crippen LogP contribution in [0.4, 0.5) is 10.1 Å². The number of anilines is 1. The highest BCUT2D eigenvalue weighted by Crippen LogP contribution is 2.21. The van der Waals surface area contributed by atoms with E-state index < -0.39 is 39.9 Å². The molecule has 2 rings (SSSR count). The smallest absolute Gasteiger partial charge is 0.340 e. The van der Waals surface area contributed by atoms with Gasteiger partial charge in [0.15, 0.2) is 5.78 Å².